The van der Waals surface area contributed by atoms with Crippen LogP contribution in [0.4, 0.5) is 10.1 Å². The Kier molecular flexibility index (Phi) is 5.22. The average Bonchev–Trinajstić information content (AvgIpc) is 3.34. The van der Waals surface area contributed by atoms with E-state index < -0.39 is 5.92 Å². The van der Waals surface area contributed by atoms with Gasteiger partial charge in [0.15, 0.2) is 5.82 Å². The van der Waals surface area contributed by atoms with Gasteiger partial charge < -0.3 is 10.2 Å². The molecule has 1 atom stereocenters. The first-order valence-electron chi connectivity index (χ1n) is 8.88. The number of hydrogen-bond acceptors (Lipinski definition) is 5. The Morgan fingerprint density at radius 1 is 1.14 bits per heavy atom. The van der Waals surface area contributed by atoms with Crippen LogP contribution in [0.5, 0.6) is 0 Å². The highest BCUT2D eigenvalue weighted by Crippen LogP contribution is 2.26. The van der Waals surface area contributed by atoms with Gasteiger partial charge in [0.2, 0.25) is 11.8 Å². The number of anilines is 1. The van der Waals surface area contributed by atoms with Crippen LogP contribution in [-0.2, 0) is 16.1 Å². The zero-order valence-corrected chi connectivity index (χ0v) is 15.9. The molecule has 1 N–H and O–H groups in total. The molecule has 1 unspecified atom stereocenters. The van der Waals surface area contributed by atoms with Gasteiger partial charge in [-0.25, -0.2) is 4.39 Å². The molecule has 1 saturated heterocycles. The van der Waals surface area contributed by atoms with Crippen LogP contribution in [0.15, 0.2) is 48.5 Å². The number of nitrogens with zero attached hydrogens (tertiary/aromatic N) is 5. The fourth-order valence-corrected chi connectivity index (χ4v) is 3.29. The number of aromatic nitrogens is 4. The number of tetrazole rings is 1. The van der Waals surface area contributed by atoms with E-state index in [1.165, 1.54) is 28.9 Å². The molecular weight excluding hydrogens is 399 g/mol. The maximum atomic E-state index is 13.1. The van der Waals surface area contributed by atoms with Crippen LogP contribution >= 0.6 is 11.6 Å². The standard InChI is InChI=1S/C19H16ClFN6O2/c20-13-1-5-15(6-2-13)26-11-12(9-18(26)28)19(29)22-10-17-23-24-25-27(17)16-7-3-14(21)4-8-16/h1-8,12H,9-11H2,(H,22,29). The molecule has 0 spiro atoms. The summed E-state index contributed by atoms with van der Waals surface area (Å²) in [6, 6.07) is 12.6. The number of amides is 2. The molecule has 0 bridgehead atoms. The van der Waals surface area contributed by atoms with Gasteiger partial charge in [0.05, 0.1) is 18.2 Å². The molecular formula is C19H16ClFN6O2. The molecule has 2 aromatic carbocycles. The van der Waals surface area contributed by atoms with E-state index in [-0.39, 0.29) is 37.1 Å². The SMILES string of the molecule is O=C(NCc1nnnn1-c1ccc(F)cc1)C1CC(=O)N(c2ccc(Cl)cc2)C1. The summed E-state index contributed by atoms with van der Waals surface area (Å²) in [5, 5.41) is 14.7. The summed E-state index contributed by atoms with van der Waals surface area (Å²) < 4.78 is 14.5. The maximum Gasteiger partial charge on any atom is 0.227 e. The van der Waals surface area contributed by atoms with E-state index in [0.717, 1.165) is 0 Å². The van der Waals surface area contributed by atoms with E-state index in [1.807, 2.05) is 0 Å². The van der Waals surface area contributed by atoms with E-state index in [0.29, 0.717) is 22.2 Å². The van der Waals surface area contributed by atoms with Crippen molar-refractivity contribution in [2.24, 2.45) is 5.92 Å². The quantitative estimate of drug-likeness (QED) is 0.690. The molecule has 3 aromatic rings. The average molecular weight is 415 g/mol. The summed E-state index contributed by atoms with van der Waals surface area (Å²) in [5.41, 5.74) is 1.28. The molecule has 10 heteroatoms. The largest absolute Gasteiger partial charge is 0.348 e. The molecule has 4 rings (SSSR count). The zero-order chi connectivity index (χ0) is 20.4. The Hall–Kier alpha value is -3.33. The van der Waals surface area contributed by atoms with Crippen molar-refractivity contribution >= 4 is 29.1 Å². The summed E-state index contributed by atoms with van der Waals surface area (Å²) in [5.74, 6) is -0.836. The van der Waals surface area contributed by atoms with Gasteiger partial charge in [-0.05, 0) is 59.0 Å². The van der Waals surface area contributed by atoms with Crippen molar-refractivity contribution in [1.82, 2.24) is 25.5 Å². The first-order valence-corrected chi connectivity index (χ1v) is 9.26. The Balaban J connectivity index is 1.40. The highest BCUT2D eigenvalue weighted by Gasteiger charge is 2.35. The van der Waals surface area contributed by atoms with Gasteiger partial charge in [0, 0.05) is 23.7 Å². The van der Waals surface area contributed by atoms with Crippen molar-refractivity contribution in [3.8, 4) is 5.69 Å². The first-order chi connectivity index (χ1) is 14.0. The number of carbonyl (C=O) groups excluding carboxylic acids is 2. The van der Waals surface area contributed by atoms with Gasteiger partial charge in [-0.1, -0.05) is 11.6 Å². The van der Waals surface area contributed by atoms with Crippen LogP contribution < -0.4 is 10.2 Å². The molecule has 0 radical (unpaired) electrons. The van der Waals surface area contributed by atoms with Crippen molar-refractivity contribution in [2.45, 2.75) is 13.0 Å². The molecule has 1 aliphatic rings. The van der Waals surface area contributed by atoms with E-state index in [2.05, 4.69) is 20.8 Å². The minimum absolute atomic E-state index is 0.0782. The molecule has 148 valence electrons. The topological polar surface area (TPSA) is 93.0 Å². The second kappa shape index (κ2) is 7.96. The molecule has 8 nitrogen and oxygen atoms in total. The molecule has 2 amide bonds. The molecule has 2 heterocycles. The Morgan fingerprint density at radius 3 is 2.55 bits per heavy atom. The van der Waals surface area contributed by atoms with Gasteiger partial charge in [0.25, 0.3) is 0 Å². The highest BCUT2D eigenvalue weighted by molar-refractivity contribution is 6.30. The molecule has 1 fully saturated rings. The third kappa shape index (κ3) is 4.09. The number of carbonyl (C=O) groups is 2. The van der Waals surface area contributed by atoms with E-state index in [4.69, 9.17) is 11.6 Å². The monoisotopic (exact) mass is 414 g/mol. The van der Waals surface area contributed by atoms with Crippen LogP contribution in [0, 0.1) is 11.7 Å². The molecule has 1 aliphatic heterocycles. The third-order valence-electron chi connectivity index (χ3n) is 4.66. The van der Waals surface area contributed by atoms with Gasteiger partial charge in [0.1, 0.15) is 5.82 Å². The first kappa shape index (κ1) is 19.0. The maximum absolute atomic E-state index is 13.1. The molecule has 0 saturated carbocycles. The molecule has 29 heavy (non-hydrogen) atoms. The molecule has 0 aliphatic carbocycles. The fourth-order valence-electron chi connectivity index (χ4n) is 3.16. The number of benzene rings is 2. The van der Waals surface area contributed by atoms with Crippen molar-refractivity contribution < 1.29 is 14.0 Å². The lowest BCUT2D eigenvalue weighted by atomic mass is 10.1. The van der Waals surface area contributed by atoms with Gasteiger partial charge in [-0.3, -0.25) is 9.59 Å². The van der Waals surface area contributed by atoms with Crippen LogP contribution in [-0.4, -0.2) is 38.6 Å². The van der Waals surface area contributed by atoms with Crippen LogP contribution in [0.1, 0.15) is 12.2 Å². The van der Waals surface area contributed by atoms with Crippen LogP contribution in [0.25, 0.3) is 5.69 Å². The Morgan fingerprint density at radius 2 is 1.83 bits per heavy atom. The van der Waals surface area contributed by atoms with Gasteiger partial charge in [-0.15, -0.1) is 5.10 Å². The van der Waals surface area contributed by atoms with Gasteiger partial charge >= 0.3 is 0 Å². The summed E-state index contributed by atoms with van der Waals surface area (Å²) in [6.45, 7) is 0.365. The van der Waals surface area contributed by atoms with Crippen LogP contribution in [0.2, 0.25) is 5.02 Å². The lowest BCUT2D eigenvalue weighted by Crippen LogP contribution is -2.33. The fraction of sp³-hybridized carbons (Fsp3) is 0.211. The smallest absolute Gasteiger partial charge is 0.227 e. The number of nitrogens with one attached hydrogen (secondary N) is 1. The number of halogens is 2. The Labute approximate surface area is 170 Å². The lowest BCUT2D eigenvalue weighted by molar-refractivity contribution is -0.126. The number of rotatable bonds is 5. The van der Waals surface area contributed by atoms with Crippen molar-refractivity contribution in [1.29, 1.82) is 0 Å². The minimum Gasteiger partial charge on any atom is -0.348 e. The van der Waals surface area contributed by atoms with Crippen LogP contribution in [0.3, 0.4) is 0 Å². The predicted molar refractivity (Wildman–Crippen MR) is 103 cm³/mol. The zero-order valence-electron chi connectivity index (χ0n) is 15.1. The van der Waals surface area contributed by atoms with Gasteiger partial charge in [-0.2, -0.15) is 4.68 Å². The summed E-state index contributed by atoms with van der Waals surface area (Å²) in [6.07, 6.45) is 0.122. The lowest BCUT2D eigenvalue weighted by Gasteiger charge is -2.16. The summed E-state index contributed by atoms with van der Waals surface area (Å²) in [7, 11) is 0. The predicted octanol–water partition coefficient (Wildman–Crippen LogP) is 2.12. The molecule has 1 aromatic heterocycles. The van der Waals surface area contributed by atoms with Crippen molar-refractivity contribution in [2.75, 3.05) is 11.4 Å². The van der Waals surface area contributed by atoms with E-state index in [1.54, 1.807) is 29.2 Å². The second-order valence-electron chi connectivity index (χ2n) is 6.58. The number of hydrogen-bond donors (Lipinski definition) is 1. The second-order valence-corrected chi connectivity index (χ2v) is 7.02. The summed E-state index contributed by atoms with van der Waals surface area (Å²) in [4.78, 5) is 26.5. The van der Waals surface area contributed by atoms with Crippen molar-refractivity contribution in [3.05, 3.63) is 65.2 Å². The minimum atomic E-state index is -0.478. The normalized spacial score (nSPS) is 16.3. The van der Waals surface area contributed by atoms with E-state index >= 15 is 0 Å². The van der Waals surface area contributed by atoms with E-state index in [9.17, 15) is 14.0 Å². The third-order valence-corrected chi connectivity index (χ3v) is 4.91. The summed E-state index contributed by atoms with van der Waals surface area (Å²) >= 11 is 5.88. The highest BCUT2D eigenvalue weighted by atomic mass is 35.5. The Bertz CT molecular complexity index is 1040. The van der Waals surface area contributed by atoms with Crippen molar-refractivity contribution in [3.63, 3.8) is 0 Å².